The molecule has 1 aromatic heterocycles. The summed E-state index contributed by atoms with van der Waals surface area (Å²) in [6.45, 7) is 6.30. The van der Waals surface area contributed by atoms with E-state index in [1.54, 1.807) is 24.3 Å². The van der Waals surface area contributed by atoms with Gasteiger partial charge < -0.3 is 19.7 Å². The molecule has 6 heteroatoms. The number of carbonyl (C=O) groups excluding carboxylic acids is 1. The predicted molar refractivity (Wildman–Crippen MR) is 87.1 cm³/mol. The van der Waals surface area contributed by atoms with Crippen LogP contribution in [-0.4, -0.2) is 28.2 Å². The lowest BCUT2D eigenvalue weighted by atomic mass is 10.2. The van der Waals surface area contributed by atoms with Gasteiger partial charge in [0.25, 0.3) is 5.91 Å². The molecule has 1 heterocycles. The van der Waals surface area contributed by atoms with Crippen LogP contribution < -0.4 is 10.1 Å². The Morgan fingerprint density at radius 2 is 2.00 bits per heavy atom. The molecule has 23 heavy (non-hydrogen) atoms. The fourth-order valence-corrected chi connectivity index (χ4v) is 2.52. The van der Waals surface area contributed by atoms with Crippen LogP contribution in [0.5, 0.6) is 5.75 Å². The Kier molecular flexibility index (Phi) is 5.05. The van der Waals surface area contributed by atoms with Gasteiger partial charge in [-0.25, -0.2) is 4.79 Å². The summed E-state index contributed by atoms with van der Waals surface area (Å²) in [5.41, 5.74) is 3.13. The van der Waals surface area contributed by atoms with Gasteiger partial charge in [0.05, 0.1) is 5.56 Å². The van der Waals surface area contributed by atoms with Crippen molar-refractivity contribution in [2.24, 2.45) is 0 Å². The topological polar surface area (TPSA) is 80.6 Å². The van der Waals surface area contributed by atoms with Crippen LogP contribution in [0, 0.1) is 13.8 Å². The Morgan fingerprint density at radius 3 is 2.61 bits per heavy atom. The fourth-order valence-electron chi connectivity index (χ4n) is 2.52. The maximum atomic E-state index is 12.4. The summed E-state index contributed by atoms with van der Waals surface area (Å²) in [5.74, 6) is -0.858. The minimum Gasteiger partial charge on any atom is -0.482 e. The molecule has 0 atom stereocenters. The summed E-state index contributed by atoms with van der Waals surface area (Å²) in [6, 6.07) is 8.52. The van der Waals surface area contributed by atoms with E-state index in [2.05, 4.69) is 9.88 Å². The third kappa shape index (κ3) is 3.91. The molecule has 2 aromatic rings. The van der Waals surface area contributed by atoms with E-state index in [-0.39, 0.29) is 5.91 Å². The third-order valence-corrected chi connectivity index (χ3v) is 3.59. The number of hydrogen-bond donors (Lipinski definition) is 2. The Morgan fingerprint density at radius 1 is 1.26 bits per heavy atom. The van der Waals surface area contributed by atoms with Crippen molar-refractivity contribution in [3.63, 3.8) is 0 Å². The van der Waals surface area contributed by atoms with Crippen molar-refractivity contribution < 1.29 is 19.4 Å². The van der Waals surface area contributed by atoms with Gasteiger partial charge in [-0.3, -0.25) is 4.79 Å². The Hall–Kier alpha value is -2.76. The second-order valence-electron chi connectivity index (χ2n) is 5.19. The molecule has 0 unspecified atom stereocenters. The van der Waals surface area contributed by atoms with E-state index < -0.39 is 12.6 Å². The minimum absolute atomic E-state index is 0.201. The van der Waals surface area contributed by atoms with Crippen LogP contribution in [0.2, 0.25) is 0 Å². The van der Waals surface area contributed by atoms with Crippen LogP contribution in [0.4, 0.5) is 5.69 Å². The zero-order chi connectivity index (χ0) is 17.0. The molecule has 0 aliphatic heterocycles. The quantitative estimate of drug-likeness (QED) is 0.858. The number of benzene rings is 1. The highest BCUT2D eigenvalue weighted by molar-refractivity contribution is 6.05. The molecule has 0 spiro atoms. The SMILES string of the molecule is CCn1c(C)cc(C(=O)Nc2cccc(OCC(=O)O)c2)c1C. The van der Waals surface area contributed by atoms with E-state index >= 15 is 0 Å². The molecule has 2 N–H and O–H groups in total. The standard InChI is InChI=1S/C17H20N2O4/c1-4-19-11(2)8-15(12(19)3)17(22)18-13-6-5-7-14(9-13)23-10-16(20)21/h5-9H,4,10H2,1-3H3,(H,18,22)(H,20,21). The van der Waals surface area contributed by atoms with E-state index in [0.29, 0.717) is 17.0 Å². The molecule has 2 rings (SSSR count). The Labute approximate surface area is 134 Å². The van der Waals surface area contributed by atoms with Crippen LogP contribution in [0.15, 0.2) is 30.3 Å². The molecule has 0 saturated heterocycles. The fraction of sp³-hybridized carbons (Fsp3) is 0.294. The monoisotopic (exact) mass is 316 g/mol. The average molecular weight is 316 g/mol. The Balaban J connectivity index is 2.14. The largest absolute Gasteiger partial charge is 0.482 e. The normalized spacial score (nSPS) is 10.4. The number of aliphatic carboxylic acids is 1. The number of hydrogen-bond acceptors (Lipinski definition) is 3. The van der Waals surface area contributed by atoms with E-state index in [1.807, 2.05) is 26.8 Å². The summed E-state index contributed by atoms with van der Waals surface area (Å²) in [5, 5.41) is 11.4. The number of carboxylic acid groups (broad SMARTS) is 1. The van der Waals surface area contributed by atoms with Crippen molar-refractivity contribution in [2.45, 2.75) is 27.3 Å². The van der Waals surface area contributed by atoms with Crippen molar-refractivity contribution in [2.75, 3.05) is 11.9 Å². The molecule has 0 fully saturated rings. The van der Waals surface area contributed by atoms with Gasteiger partial charge in [-0.05, 0) is 39.0 Å². The average Bonchev–Trinajstić information content (AvgIpc) is 2.80. The zero-order valence-electron chi connectivity index (χ0n) is 13.4. The van der Waals surface area contributed by atoms with Crippen molar-refractivity contribution in [1.82, 2.24) is 4.57 Å². The number of rotatable bonds is 6. The number of nitrogens with zero attached hydrogens (tertiary/aromatic N) is 1. The highest BCUT2D eigenvalue weighted by Crippen LogP contribution is 2.20. The van der Waals surface area contributed by atoms with Gasteiger partial charge in [-0.1, -0.05) is 6.07 Å². The zero-order valence-corrected chi connectivity index (χ0v) is 13.4. The molecule has 1 amide bonds. The second-order valence-corrected chi connectivity index (χ2v) is 5.19. The van der Waals surface area contributed by atoms with Gasteiger partial charge in [0.1, 0.15) is 5.75 Å². The highest BCUT2D eigenvalue weighted by Gasteiger charge is 2.15. The van der Waals surface area contributed by atoms with E-state index in [0.717, 1.165) is 17.9 Å². The Bertz CT molecular complexity index is 734. The van der Waals surface area contributed by atoms with E-state index in [1.165, 1.54) is 0 Å². The molecule has 0 aliphatic carbocycles. The van der Waals surface area contributed by atoms with Crippen LogP contribution in [0.1, 0.15) is 28.7 Å². The smallest absolute Gasteiger partial charge is 0.341 e. The number of anilines is 1. The number of aryl methyl sites for hydroxylation is 1. The summed E-state index contributed by atoms with van der Waals surface area (Å²) in [4.78, 5) is 23.0. The first-order valence-electron chi connectivity index (χ1n) is 7.35. The number of carbonyl (C=O) groups is 2. The van der Waals surface area contributed by atoms with Crippen LogP contribution in [-0.2, 0) is 11.3 Å². The van der Waals surface area contributed by atoms with Crippen LogP contribution in [0.25, 0.3) is 0 Å². The van der Waals surface area contributed by atoms with Crippen molar-refractivity contribution in [3.05, 3.63) is 47.3 Å². The molecule has 6 nitrogen and oxygen atoms in total. The second kappa shape index (κ2) is 7.00. The molecule has 0 aliphatic rings. The van der Waals surface area contributed by atoms with Gasteiger partial charge in [0, 0.05) is 29.7 Å². The lowest BCUT2D eigenvalue weighted by molar-refractivity contribution is -0.139. The van der Waals surface area contributed by atoms with Crippen molar-refractivity contribution in [3.8, 4) is 5.75 Å². The number of amides is 1. The van der Waals surface area contributed by atoms with Crippen LogP contribution in [0.3, 0.4) is 0 Å². The molecule has 0 radical (unpaired) electrons. The summed E-state index contributed by atoms with van der Waals surface area (Å²) in [7, 11) is 0. The predicted octanol–water partition coefficient (Wildman–Crippen LogP) is 2.84. The van der Waals surface area contributed by atoms with Gasteiger partial charge >= 0.3 is 5.97 Å². The number of aromatic nitrogens is 1. The van der Waals surface area contributed by atoms with E-state index in [9.17, 15) is 9.59 Å². The first kappa shape index (κ1) is 16.6. The third-order valence-electron chi connectivity index (χ3n) is 3.59. The van der Waals surface area contributed by atoms with Crippen molar-refractivity contribution >= 4 is 17.6 Å². The first-order valence-corrected chi connectivity index (χ1v) is 7.35. The molecule has 0 saturated carbocycles. The molecule has 122 valence electrons. The van der Waals surface area contributed by atoms with Gasteiger partial charge in [-0.2, -0.15) is 0 Å². The maximum absolute atomic E-state index is 12.4. The van der Waals surface area contributed by atoms with E-state index in [4.69, 9.17) is 9.84 Å². The number of nitrogens with one attached hydrogen (secondary N) is 1. The van der Waals surface area contributed by atoms with Gasteiger partial charge in [-0.15, -0.1) is 0 Å². The lowest BCUT2D eigenvalue weighted by Gasteiger charge is -2.09. The molecule has 1 aromatic carbocycles. The van der Waals surface area contributed by atoms with Crippen molar-refractivity contribution in [1.29, 1.82) is 0 Å². The maximum Gasteiger partial charge on any atom is 0.341 e. The summed E-state index contributed by atoms with van der Waals surface area (Å²) < 4.78 is 7.18. The number of carboxylic acids is 1. The lowest BCUT2D eigenvalue weighted by Crippen LogP contribution is -2.13. The van der Waals surface area contributed by atoms with Gasteiger partial charge in [0.15, 0.2) is 6.61 Å². The highest BCUT2D eigenvalue weighted by atomic mass is 16.5. The molecular weight excluding hydrogens is 296 g/mol. The minimum atomic E-state index is -1.05. The molecular formula is C17H20N2O4. The molecule has 0 bridgehead atoms. The number of ether oxygens (including phenoxy) is 1. The summed E-state index contributed by atoms with van der Waals surface area (Å²) in [6.07, 6.45) is 0. The first-order chi connectivity index (χ1) is 10.9. The summed E-state index contributed by atoms with van der Waals surface area (Å²) >= 11 is 0. The van der Waals surface area contributed by atoms with Crippen LogP contribution >= 0.6 is 0 Å². The van der Waals surface area contributed by atoms with Gasteiger partial charge in [0.2, 0.25) is 0 Å².